The quantitative estimate of drug-likeness (QED) is 0.751. The summed E-state index contributed by atoms with van der Waals surface area (Å²) in [6, 6.07) is 4.63. The zero-order chi connectivity index (χ0) is 14.3. The van der Waals surface area contributed by atoms with Crippen LogP contribution in [0.4, 0.5) is 10.5 Å². The lowest BCUT2D eigenvalue weighted by molar-refractivity contribution is 0.247. The third kappa shape index (κ3) is 5.68. The summed E-state index contributed by atoms with van der Waals surface area (Å²) in [5.41, 5.74) is 6.21. The van der Waals surface area contributed by atoms with Crippen LogP contribution in [-0.2, 0) is 0 Å². The highest BCUT2D eigenvalue weighted by atomic mass is 35.5. The maximum Gasteiger partial charge on any atom is 0.319 e. The predicted octanol–water partition coefficient (Wildman–Crippen LogP) is 3.63. The van der Waals surface area contributed by atoms with E-state index in [0.29, 0.717) is 22.3 Å². The van der Waals surface area contributed by atoms with E-state index in [-0.39, 0.29) is 12.1 Å². The minimum atomic E-state index is -0.287. The van der Waals surface area contributed by atoms with Gasteiger partial charge < -0.3 is 16.4 Å². The van der Waals surface area contributed by atoms with Gasteiger partial charge in [0, 0.05) is 18.3 Å². The first kappa shape index (κ1) is 16.1. The molecule has 106 valence electrons. The first-order chi connectivity index (χ1) is 9.06. The molecule has 1 aromatic carbocycles. The van der Waals surface area contributed by atoms with Gasteiger partial charge in [-0.1, -0.05) is 43.0 Å². The van der Waals surface area contributed by atoms with E-state index in [0.717, 1.165) is 19.3 Å². The lowest BCUT2D eigenvalue weighted by atomic mass is 10.1. The molecule has 0 aliphatic heterocycles. The molecule has 6 heteroatoms. The fourth-order valence-electron chi connectivity index (χ4n) is 1.63. The lowest BCUT2D eigenvalue weighted by Crippen LogP contribution is -2.42. The monoisotopic (exact) mass is 303 g/mol. The summed E-state index contributed by atoms with van der Waals surface area (Å²) in [6.45, 7) is 2.53. The van der Waals surface area contributed by atoms with Crippen LogP contribution >= 0.6 is 23.2 Å². The number of urea groups is 1. The van der Waals surface area contributed by atoms with Crippen molar-refractivity contribution in [2.45, 2.75) is 32.2 Å². The van der Waals surface area contributed by atoms with Crippen molar-refractivity contribution >= 4 is 34.9 Å². The number of halogens is 2. The van der Waals surface area contributed by atoms with Crippen molar-refractivity contribution in [1.82, 2.24) is 5.32 Å². The van der Waals surface area contributed by atoms with Crippen molar-refractivity contribution < 1.29 is 4.79 Å². The van der Waals surface area contributed by atoms with E-state index >= 15 is 0 Å². The normalized spacial score (nSPS) is 12.0. The van der Waals surface area contributed by atoms with Crippen molar-refractivity contribution in [3.8, 4) is 0 Å². The number of rotatable bonds is 6. The average molecular weight is 304 g/mol. The van der Waals surface area contributed by atoms with Crippen LogP contribution in [0.2, 0.25) is 10.0 Å². The first-order valence-electron chi connectivity index (χ1n) is 6.29. The second-order valence-corrected chi connectivity index (χ2v) is 5.12. The van der Waals surface area contributed by atoms with Gasteiger partial charge in [-0.15, -0.1) is 0 Å². The van der Waals surface area contributed by atoms with Crippen LogP contribution in [0.15, 0.2) is 18.2 Å². The van der Waals surface area contributed by atoms with Crippen LogP contribution in [0.3, 0.4) is 0 Å². The van der Waals surface area contributed by atoms with Crippen molar-refractivity contribution in [2.75, 3.05) is 11.9 Å². The van der Waals surface area contributed by atoms with Crippen LogP contribution in [0.1, 0.15) is 26.2 Å². The molecule has 2 amide bonds. The summed E-state index contributed by atoms with van der Waals surface area (Å²) < 4.78 is 0. The van der Waals surface area contributed by atoms with Gasteiger partial charge in [0.15, 0.2) is 0 Å². The number of nitrogens with one attached hydrogen (secondary N) is 2. The molecular weight excluding hydrogens is 285 g/mol. The molecule has 4 N–H and O–H groups in total. The van der Waals surface area contributed by atoms with Crippen molar-refractivity contribution in [3.05, 3.63) is 28.2 Å². The Morgan fingerprint density at radius 3 is 2.68 bits per heavy atom. The molecule has 0 aliphatic carbocycles. The van der Waals surface area contributed by atoms with Gasteiger partial charge in [0.25, 0.3) is 0 Å². The summed E-state index contributed by atoms with van der Waals surface area (Å²) in [6.07, 6.45) is 2.99. The molecule has 0 bridgehead atoms. The topological polar surface area (TPSA) is 67.1 Å². The van der Waals surface area contributed by atoms with Crippen molar-refractivity contribution in [3.63, 3.8) is 0 Å². The largest absolute Gasteiger partial charge is 0.334 e. The van der Waals surface area contributed by atoms with E-state index in [1.54, 1.807) is 18.2 Å². The van der Waals surface area contributed by atoms with E-state index in [2.05, 4.69) is 17.6 Å². The smallest absolute Gasteiger partial charge is 0.319 e. The number of hydrogen-bond acceptors (Lipinski definition) is 2. The summed E-state index contributed by atoms with van der Waals surface area (Å²) in [5.74, 6) is 0. The fraction of sp³-hybridized carbons (Fsp3) is 0.462. The van der Waals surface area contributed by atoms with Crippen LogP contribution in [0, 0.1) is 0 Å². The Kier molecular flexibility index (Phi) is 6.99. The highest BCUT2D eigenvalue weighted by Crippen LogP contribution is 2.24. The Balaban J connectivity index is 2.51. The molecule has 0 radical (unpaired) electrons. The van der Waals surface area contributed by atoms with E-state index in [1.807, 2.05) is 0 Å². The molecule has 19 heavy (non-hydrogen) atoms. The molecule has 0 aliphatic rings. The van der Waals surface area contributed by atoms with Crippen LogP contribution in [0.5, 0.6) is 0 Å². The number of anilines is 1. The van der Waals surface area contributed by atoms with E-state index in [4.69, 9.17) is 28.9 Å². The summed E-state index contributed by atoms with van der Waals surface area (Å²) >= 11 is 11.7. The molecule has 0 fully saturated rings. The summed E-state index contributed by atoms with van der Waals surface area (Å²) in [4.78, 5) is 11.8. The van der Waals surface area contributed by atoms with Gasteiger partial charge in [0.1, 0.15) is 0 Å². The zero-order valence-electron chi connectivity index (χ0n) is 10.9. The molecule has 1 rings (SSSR count). The Morgan fingerprint density at radius 2 is 2.11 bits per heavy atom. The highest BCUT2D eigenvalue weighted by Gasteiger charge is 2.10. The number of benzene rings is 1. The van der Waals surface area contributed by atoms with Crippen molar-refractivity contribution in [1.29, 1.82) is 0 Å². The number of unbranched alkanes of at least 4 members (excludes halogenated alkanes) is 1. The average Bonchev–Trinajstić information content (AvgIpc) is 2.38. The second kappa shape index (κ2) is 8.25. The molecule has 0 saturated heterocycles. The zero-order valence-corrected chi connectivity index (χ0v) is 12.4. The van der Waals surface area contributed by atoms with Crippen molar-refractivity contribution in [2.24, 2.45) is 5.73 Å². The van der Waals surface area contributed by atoms with Crippen LogP contribution in [-0.4, -0.2) is 18.6 Å². The predicted molar refractivity (Wildman–Crippen MR) is 81.0 cm³/mol. The standard InChI is InChI=1S/C13H19Cl2N3O/c1-2-3-4-10(8-16)18-13(19)17-9-5-6-11(14)12(15)7-9/h5-7,10H,2-4,8,16H2,1H3,(H2,17,18,19). The number of amides is 2. The second-order valence-electron chi connectivity index (χ2n) is 4.30. The van der Waals surface area contributed by atoms with E-state index in [1.165, 1.54) is 0 Å². The van der Waals surface area contributed by atoms with Gasteiger partial charge in [-0.25, -0.2) is 4.79 Å². The maximum absolute atomic E-state index is 11.8. The minimum absolute atomic E-state index is 0.0114. The van der Waals surface area contributed by atoms with Crippen LogP contribution in [0.25, 0.3) is 0 Å². The number of hydrogen-bond donors (Lipinski definition) is 3. The third-order valence-electron chi connectivity index (χ3n) is 2.70. The third-order valence-corrected chi connectivity index (χ3v) is 3.44. The van der Waals surface area contributed by atoms with Gasteiger partial charge in [-0.05, 0) is 24.6 Å². The van der Waals surface area contributed by atoms with Gasteiger partial charge in [-0.3, -0.25) is 0 Å². The minimum Gasteiger partial charge on any atom is -0.334 e. The Morgan fingerprint density at radius 1 is 1.37 bits per heavy atom. The maximum atomic E-state index is 11.8. The van der Waals surface area contributed by atoms with Gasteiger partial charge >= 0.3 is 6.03 Å². The molecule has 0 heterocycles. The fourth-order valence-corrected chi connectivity index (χ4v) is 1.92. The molecule has 0 spiro atoms. The molecule has 0 saturated carbocycles. The highest BCUT2D eigenvalue weighted by molar-refractivity contribution is 6.42. The molecule has 1 atom stereocenters. The van der Waals surface area contributed by atoms with Gasteiger partial charge in [-0.2, -0.15) is 0 Å². The number of carbonyl (C=O) groups is 1. The number of nitrogens with two attached hydrogens (primary N) is 1. The molecule has 0 aromatic heterocycles. The van der Waals surface area contributed by atoms with Gasteiger partial charge in [0.2, 0.25) is 0 Å². The summed E-state index contributed by atoms with van der Waals surface area (Å²) in [5, 5.41) is 6.39. The van der Waals surface area contributed by atoms with Crippen LogP contribution < -0.4 is 16.4 Å². The van der Waals surface area contributed by atoms with Gasteiger partial charge in [0.05, 0.1) is 10.0 Å². The molecular formula is C13H19Cl2N3O. The van der Waals surface area contributed by atoms with E-state index < -0.39 is 0 Å². The molecule has 1 aromatic rings. The molecule has 4 nitrogen and oxygen atoms in total. The Hall–Kier alpha value is -0.970. The SMILES string of the molecule is CCCCC(CN)NC(=O)Nc1ccc(Cl)c(Cl)c1. The lowest BCUT2D eigenvalue weighted by Gasteiger charge is -2.17. The van der Waals surface area contributed by atoms with E-state index in [9.17, 15) is 4.79 Å². The molecule has 1 unspecified atom stereocenters. The Labute approximate surface area is 123 Å². The summed E-state index contributed by atoms with van der Waals surface area (Å²) in [7, 11) is 0. The number of carbonyl (C=O) groups excluding carboxylic acids is 1. The Bertz CT molecular complexity index is 426. The first-order valence-corrected chi connectivity index (χ1v) is 7.05.